The third-order valence-electron chi connectivity index (χ3n) is 2.37. The summed E-state index contributed by atoms with van der Waals surface area (Å²) in [5.41, 5.74) is 1.64. The third kappa shape index (κ3) is 3.11. The second-order valence-electron chi connectivity index (χ2n) is 5.23. The van der Waals surface area contributed by atoms with Crippen LogP contribution in [-0.4, -0.2) is 20.3 Å². The standard InChI is InChI=1S/C12H17ClN4O/c1-8-10(13)6-17(16-8)11-15-9(7-18-11)5-14-12(2,3)4/h6-7,14H,5H2,1-4H3. The van der Waals surface area contributed by atoms with Gasteiger partial charge in [0.1, 0.15) is 6.26 Å². The van der Waals surface area contributed by atoms with Gasteiger partial charge < -0.3 is 9.73 Å². The first kappa shape index (κ1) is 13.1. The lowest BCUT2D eigenvalue weighted by Gasteiger charge is -2.19. The van der Waals surface area contributed by atoms with Crippen molar-refractivity contribution < 1.29 is 4.42 Å². The molecule has 2 aromatic heterocycles. The summed E-state index contributed by atoms with van der Waals surface area (Å²) in [6.07, 6.45) is 3.31. The van der Waals surface area contributed by atoms with Crippen molar-refractivity contribution in [2.75, 3.05) is 0 Å². The van der Waals surface area contributed by atoms with Gasteiger partial charge in [0.05, 0.1) is 22.6 Å². The number of rotatable bonds is 3. The van der Waals surface area contributed by atoms with Crippen molar-refractivity contribution in [2.24, 2.45) is 0 Å². The average molecular weight is 269 g/mol. The largest absolute Gasteiger partial charge is 0.430 e. The second-order valence-corrected chi connectivity index (χ2v) is 5.64. The van der Waals surface area contributed by atoms with Crippen LogP contribution in [0.25, 0.3) is 6.01 Å². The predicted molar refractivity (Wildman–Crippen MR) is 70.0 cm³/mol. The van der Waals surface area contributed by atoms with Gasteiger partial charge in [-0.15, -0.1) is 0 Å². The fraction of sp³-hybridized carbons (Fsp3) is 0.500. The highest BCUT2D eigenvalue weighted by Gasteiger charge is 2.12. The topological polar surface area (TPSA) is 55.9 Å². The van der Waals surface area contributed by atoms with Gasteiger partial charge in [-0.2, -0.15) is 14.8 Å². The molecule has 0 amide bonds. The van der Waals surface area contributed by atoms with Crippen LogP contribution in [0.5, 0.6) is 0 Å². The molecule has 0 fully saturated rings. The van der Waals surface area contributed by atoms with Gasteiger partial charge in [-0.3, -0.25) is 0 Å². The van der Waals surface area contributed by atoms with Gasteiger partial charge in [0.25, 0.3) is 0 Å². The Morgan fingerprint density at radius 3 is 2.72 bits per heavy atom. The van der Waals surface area contributed by atoms with Gasteiger partial charge in [0.2, 0.25) is 0 Å². The van der Waals surface area contributed by atoms with E-state index < -0.39 is 0 Å². The van der Waals surface area contributed by atoms with E-state index in [9.17, 15) is 0 Å². The number of aromatic nitrogens is 3. The van der Waals surface area contributed by atoms with Crippen molar-refractivity contribution in [1.82, 2.24) is 20.1 Å². The number of nitrogens with one attached hydrogen (secondary N) is 1. The fourth-order valence-corrected chi connectivity index (χ4v) is 1.51. The zero-order valence-electron chi connectivity index (χ0n) is 11.0. The molecule has 2 aromatic rings. The molecule has 2 heterocycles. The third-order valence-corrected chi connectivity index (χ3v) is 2.75. The first-order valence-electron chi connectivity index (χ1n) is 5.77. The SMILES string of the molecule is Cc1nn(-c2nc(CNC(C)(C)C)co2)cc1Cl. The molecule has 0 saturated heterocycles. The van der Waals surface area contributed by atoms with Crippen LogP contribution in [0.3, 0.4) is 0 Å². The lowest BCUT2D eigenvalue weighted by atomic mass is 10.1. The summed E-state index contributed by atoms with van der Waals surface area (Å²) in [4.78, 5) is 4.35. The minimum absolute atomic E-state index is 0.0463. The van der Waals surface area contributed by atoms with E-state index in [0.29, 0.717) is 17.6 Å². The first-order chi connectivity index (χ1) is 8.35. The Bertz CT molecular complexity index is 519. The van der Waals surface area contributed by atoms with Crippen molar-refractivity contribution in [3.05, 3.63) is 28.9 Å². The van der Waals surface area contributed by atoms with Crippen LogP contribution >= 0.6 is 11.6 Å². The normalized spacial score (nSPS) is 12.1. The van der Waals surface area contributed by atoms with Gasteiger partial charge in [0.15, 0.2) is 0 Å². The summed E-state index contributed by atoms with van der Waals surface area (Å²) in [5, 5.41) is 8.15. The van der Waals surface area contributed by atoms with Crippen molar-refractivity contribution in [3.8, 4) is 6.01 Å². The van der Waals surface area contributed by atoms with Crippen LogP contribution in [0, 0.1) is 6.92 Å². The Balaban J connectivity index is 2.11. The molecule has 5 nitrogen and oxygen atoms in total. The molecule has 0 unspecified atom stereocenters. The fourth-order valence-electron chi connectivity index (χ4n) is 1.38. The highest BCUT2D eigenvalue weighted by molar-refractivity contribution is 6.31. The lowest BCUT2D eigenvalue weighted by molar-refractivity contribution is 0.420. The molecule has 2 rings (SSSR count). The van der Waals surface area contributed by atoms with E-state index in [1.807, 2.05) is 6.92 Å². The highest BCUT2D eigenvalue weighted by Crippen LogP contribution is 2.16. The molecule has 0 atom stereocenters. The molecule has 0 spiro atoms. The summed E-state index contributed by atoms with van der Waals surface area (Å²) in [5.74, 6) is 0. The van der Waals surface area contributed by atoms with Crippen LogP contribution in [0.1, 0.15) is 32.2 Å². The van der Waals surface area contributed by atoms with Crippen LogP contribution in [0.2, 0.25) is 5.02 Å². The quantitative estimate of drug-likeness (QED) is 0.930. The Morgan fingerprint density at radius 1 is 1.44 bits per heavy atom. The number of nitrogens with zero attached hydrogens (tertiary/aromatic N) is 3. The minimum Gasteiger partial charge on any atom is -0.430 e. The molecule has 0 bridgehead atoms. The van der Waals surface area contributed by atoms with Gasteiger partial charge in [-0.1, -0.05) is 11.6 Å². The van der Waals surface area contributed by atoms with E-state index in [4.69, 9.17) is 16.0 Å². The van der Waals surface area contributed by atoms with Crippen LogP contribution in [0.15, 0.2) is 16.9 Å². The smallest absolute Gasteiger partial charge is 0.322 e. The number of hydrogen-bond acceptors (Lipinski definition) is 4. The summed E-state index contributed by atoms with van der Waals surface area (Å²) in [7, 11) is 0. The molecule has 0 aromatic carbocycles. The van der Waals surface area contributed by atoms with Crippen molar-refractivity contribution >= 4 is 11.6 Å². The number of halogens is 1. The monoisotopic (exact) mass is 268 g/mol. The first-order valence-corrected chi connectivity index (χ1v) is 6.14. The maximum atomic E-state index is 5.94. The maximum absolute atomic E-state index is 5.94. The summed E-state index contributed by atoms with van der Waals surface area (Å²) >= 11 is 5.94. The lowest BCUT2D eigenvalue weighted by Crippen LogP contribution is -2.35. The zero-order valence-corrected chi connectivity index (χ0v) is 11.7. The van der Waals surface area contributed by atoms with Crippen molar-refractivity contribution in [1.29, 1.82) is 0 Å². The molecule has 0 radical (unpaired) electrons. The molecular formula is C12H17ClN4O. The average Bonchev–Trinajstić information content (AvgIpc) is 2.83. The Morgan fingerprint density at radius 2 is 2.17 bits per heavy atom. The number of aryl methyl sites for hydroxylation is 1. The maximum Gasteiger partial charge on any atom is 0.322 e. The predicted octanol–water partition coefficient (Wildman–Crippen LogP) is 2.71. The minimum atomic E-state index is 0.0463. The van der Waals surface area contributed by atoms with Crippen LogP contribution in [-0.2, 0) is 6.54 Å². The summed E-state index contributed by atoms with van der Waals surface area (Å²) in [6, 6.07) is 0.427. The van der Waals surface area contributed by atoms with Crippen LogP contribution < -0.4 is 5.32 Å². The van der Waals surface area contributed by atoms with E-state index in [-0.39, 0.29) is 5.54 Å². The van der Waals surface area contributed by atoms with Gasteiger partial charge >= 0.3 is 6.01 Å². The van der Waals surface area contributed by atoms with E-state index in [1.54, 1.807) is 12.5 Å². The number of oxazole rings is 1. The molecular weight excluding hydrogens is 252 g/mol. The molecule has 18 heavy (non-hydrogen) atoms. The molecule has 0 aliphatic rings. The second kappa shape index (κ2) is 4.74. The molecule has 1 N–H and O–H groups in total. The Hall–Kier alpha value is -1.33. The van der Waals surface area contributed by atoms with Gasteiger partial charge in [-0.05, 0) is 27.7 Å². The van der Waals surface area contributed by atoms with Crippen molar-refractivity contribution in [2.45, 2.75) is 39.8 Å². The van der Waals surface area contributed by atoms with E-state index in [1.165, 1.54) is 4.68 Å². The molecule has 6 heteroatoms. The Kier molecular flexibility index (Phi) is 3.45. The molecule has 0 aliphatic carbocycles. The Labute approximate surface area is 111 Å². The van der Waals surface area contributed by atoms with E-state index in [0.717, 1.165) is 11.4 Å². The summed E-state index contributed by atoms with van der Waals surface area (Å²) in [6.45, 7) is 8.80. The highest BCUT2D eigenvalue weighted by atomic mass is 35.5. The molecule has 0 saturated carbocycles. The van der Waals surface area contributed by atoms with Gasteiger partial charge in [-0.25, -0.2) is 0 Å². The van der Waals surface area contributed by atoms with Crippen molar-refractivity contribution in [3.63, 3.8) is 0 Å². The molecule has 0 aliphatic heterocycles. The van der Waals surface area contributed by atoms with E-state index >= 15 is 0 Å². The van der Waals surface area contributed by atoms with Gasteiger partial charge in [0, 0.05) is 12.1 Å². The molecule has 98 valence electrons. The van der Waals surface area contributed by atoms with E-state index in [2.05, 4.69) is 36.2 Å². The zero-order chi connectivity index (χ0) is 13.3. The number of hydrogen-bond donors (Lipinski definition) is 1. The van der Waals surface area contributed by atoms with Crippen LogP contribution in [0.4, 0.5) is 0 Å². The summed E-state index contributed by atoms with van der Waals surface area (Å²) < 4.78 is 6.91.